The summed E-state index contributed by atoms with van der Waals surface area (Å²) in [5.41, 5.74) is 0. The molecule has 1 amide bonds. The summed E-state index contributed by atoms with van der Waals surface area (Å²) in [6, 6.07) is 0. The first-order valence-corrected chi connectivity index (χ1v) is 8.63. The first-order valence-electron chi connectivity index (χ1n) is 8.63. The van der Waals surface area contributed by atoms with E-state index >= 15 is 0 Å². The van der Waals surface area contributed by atoms with Gasteiger partial charge in [0.2, 0.25) is 5.91 Å². The van der Waals surface area contributed by atoms with Gasteiger partial charge in [0.15, 0.2) is 5.79 Å². The van der Waals surface area contributed by atoms with Crippen LogP contribution in [-0.4, -0.2) is 46.1 Å². The molecule has 5 heteroatoms. The third-order valence-electron chi connectivity index (χ3n) is 4.78. The largest absolute Gasteiger partial charge is 0.356 e. The average Bonchev–Trinajstić information content (AvgIpc) is 2.54. The average molecular weight is 314 g/mol. The molecular formula is C17H34N2O3. The van der Waals surface area contributed by atoms with Crippen LogP contribution in [0.2, 0.25) is 0 Å². The minimum Gasteiger partial charge on any atom is -0.356 e. The maximum absolute atomic E-state index is 12.4. The number of hydrogen-bond donors (Lipinski definition) is 2. The first kappa shape index (κ1) is 19.4. The van der Waals surface area contributed by atoms with Crippen LogP contribution in [0.15, 0.2) is 0 Å². The van der Waals surface area contributed by atoms with Crippen molar-refractivity contribution in [1.82, 2.24) is 10.6 Å². The van der Waals surface area contributed by atoms with Crippen molar-refractivity contribution in [2.45, 2.75) is 57.7 Å². The fraction of sp³-hybridized carbons (Fsp3) is 0.941. The van der Waals surface area contributed by atoms with Crippen LogP contribution in [0.3, 0.4) is 0 Å². The molecule has 0 aromatic rings. The van der Waals surface area contributed by atoms with Gasteiger partial charge in [-0.3, -0.25) is 4.79 Å². The maximum atomic E-state index is 12.4. The van der Waals surface area contributed by atoms with Gasteiger partial charge in [0, 0.05) is 40.2 Å². The summed E-state index contributed by atoms with van der Waals surface area (Å²) in [5, 5.41) is 6.22. The van der Waals surface area contributed by atoms with Crippen LogP contribution in [0, 0.1) is 11.8 Å². The summed E-state index contributed by atoms with van der Waals surface area (Å²) < 4.78 is 11.2. The third-order valence-corrected chi connectivity index (χ3v) is 4.78. The molecule has 0 spiro atoms. The molecule has 0 heterocycles. The molecule has 1 aliphatic carbocycles. The van der Waals surface area contributed by atoms with Gasteiger partial charge in [0.1, 0.15) is 0 Å². The van der Waals surface area contributed by atoms with E-state index in [1.807, 2.05) is 7.05 Å². The second kappa shape index (κ2) is 10.2. The SMILES string of the molecule is CCCCNC(=O)C(CNC)CC1CCCC(OC)(OC)C1. The summed E-state index contributed by atoms with van der Waals surface area (Å²) >= 11 is 0. The van der Waals surface area contributed by atoms with Gasteiger partial charge in [-0.1, -0.05) is 19.8 Å². The van der Waals surface area contributed by atoms with E-state index in [4.69, 9.17) is 9.47 Å². The number of ether oxygens (including phenoxy) is 2. The standard InChI is InChI=1S/C17H34N2O3/c1-5-6-10-19-16(20)15(13-18-2)11-14-8-7-9-17(12-14,21-3)22-4/h14-15,18H,5-13H2,1-4H3,(H,19,20). The van der Waals surface area contributed by atoms with E-state index in [0.29, 0.717) is 5.92 Å². The predicted octanol–water partition coefficient (Wildman–Crippen LogP) is 2.31. The molecule has 0 aromatic heterocycles. The lowest BCUT2D eigenvalue weighted by Gasteiger charge is -2.39. The predicted molar refractivity (Wildman–Crippen MR) is 88.7 cm³/mol. The van der Waals surface area contributed by atoms with E-state index in [9.17, 15) is 4.79 Å². The smallest absolute Gasteiger partial charge is 0.224 e. The van der Waals surface area contributed by atoms with Gasteiger partial charge in [0.25, 0.3) is 0 Å². The number of methoxy groups -OCH3 is 2. The zero-order chi connectivity index (χ0) is 16.4. The number of carbonyl (C=O) groups is 1. The molecule has 2 unspecified atom stereocenters. The van der Waals surface area contributed by atoms with E-state index in [2.05, 4.69) is 17.6 Å². The molecule has 1 saturated carbocycles. The highest BCUT2D eigenvalue weighted by molar-refractivity contribution is 5.78. The van der Waals surface area contributed by atoms with Gasteiger partial charge in [-0.2, -0.15) is 0 Å². The van der Waals surface area contributed by atoms with Crippen molar-refractivity contribution < 1.29 is 14.3 Å². The van der Waals surface area contributed by atoms with Gasteiger partial charge in [-0.25, -0.2) is 0 Å². The molecule has 130 valence electrons. The topological polar surface area (TPSA) is 59.6 Å². The van der Waals surface area contributed by atoms with Crippen LogP contribution in [0.4, 0.5) is 0 Å². The second-order valence-corrected chi connectivity index (χ2v) is 6.42. The molecular weight excluding hydrogens is 280 g/mol. The molecule has 0 bridgehead atoms. The Balaban J connectivity index is 2.56. The Hall–Kier alpha value is -0.650. The zero-order valence-electron chi connectivity index (χ0n) is 14.7. The Morgan fingerprint density at radius 3 is 2.68 bits per heavy atom. The van der Waals surface area contributed by atoms with Gasteiger partial charge in [-0.15, -0.1) is 0 Å². The van der Waals surface area contributed by atoms with Crippen molar-refractivity contribution in [3.8, 4) is 0 Å². The van der Waals surface area contributed by atoms with Crippen molar-refractivity contribution in [2.24, 2.45) is 11.8 Å². The second-order valence-electron chi connectivity index (χ2n) is 6.42. The molecule has 0 radical (unpaired) electrons. The summed E-state index contributed by atoms with van der Waals surface area (Å²) in [6.07, 6.45) is 7.10. The Labute approximate surface area is 135 Å². The Morgan fingerprint density at radius 2 is 2.09 bits per heavy atom. The molecule has 0 aliphatic heterocycles. The number of unbranched alkanes of at least 4 members (excludes halogenated alkanes) is 1. The highest BCUT2D eigenvalue weighted by Crippen LogP contribution is 2.38. The molecule has 1 aliphatic rings. The van der Waals surface area contributed by atoms with Crippen LogP contribution in [0.1, 0.15) is 51.9 Å². The minimum absolute atomic E-state index is 0.0244. The van der Waals surface area contributed by atoms with Crippen LogP contribution < -0.4 is 10.6 Å². The minimum atomic E-state index is -0.453. The highest BCUT2D eigenvalue weighted by atomic mass is 16.7. The lowest BCUT2D eigenvalue weighted by Crippen LogP contribution is -2.42. The monoisotopic (exact) mass is 314 g/mol. The quantitative estimate of drug-likeness (QED) is 0.480. The van der Waals surface area contributed by atoms with Crippen molar-refractivity contribution in [3.63, 3.8) is 0 Å². The van der Waals surface area contributed by atoms with Crippen molar-refractivity contribution >= 4 is 5.91 Å². The number of rotatable bonds is 10. The summed E-state index contributed by atoms with van der Waals surface area (Å²) in [6.45, 7) is 3.63. The zero-order valence-corrected chi connectivity index (χ0v) is 14.7. The van der Waals surface area contributed by atoms with Crippen molar-refractivity contribution in [1.29, 1.82) is 0 Å². The fourth-order valence-electron chi connectivity index (χ4n) is 3.42. The lowest BCUT2D eigenvalue weighted by atomic mass is 9.79. The maximum Gasteiger partial charge on any atom is 0.224 e. The molecule has 5 nitrogen and oxygen atoms in total. The van der Waals surface area contributed by atoms with Gasteiger partial charge >= 0.3 is 0 Å². The number of nitrogens with one attached hydrogen (secondary N) is 2. The molecule has 1 fully saturated rings. The first-order chi connectivity index (χ1) is 10.6. The molecule has 2 N–H and O–H groups in total. The van der Waals surface area contributed by atoms with Crippen LogP contribution >= 0.6 is 0 Å². The van der Waals surface area contributed by atoms with E-state index < -0.39 is 5.79 Å². The van der Waals surface area contributed by atoms with Crippen LogP contribution in [-0.2, 0) is 14.3 Å². The summed E-state index contributed by atoms with van der Waals surface area (Å²) in [5.74, 6) is 0.223. The van der Waals surface area contributed by atoms with E-state index in [-0.39, 0.29) is 11.8 Å². The van der Waals surface area contributed by atoms with Crippen LogP contribution in [0.5, 0.6) is 0 Å². The van der Waals surface area contributed by atoms with E-state index in [1.54, 1.807) is 14.2 Å². The van der Waals surface area contributed by atoms with E-state index in [0.717, 1.165) is 58.0 Å². The molecule has 2 atom stereocenters. The van der Waals surface area contributed by atoms with Gasteiger partial charge < -0.3 is 20.1 Å². The lowest BCUT2D eigenvalue weighted by molar-refractivity contribution is -0.232. The summed E-state index contributed by atoms with van der Waals surface area (Å²) in [7, 11) is 5.34. The van der Waals surface area contributed by atoms with Crippen molar-refractivity contribution in [3.05, 3.63) is 0 Å². The third kappa shape index (κ3) is 5.86. The highest BCUT2D eigenvalue weighted by Gasteiger charge is 2.37. The number of hydrogen-bond acceptors (Lipinski definition) is 4. The Bertz CT molecular complexity index is 319. The van der Waals surface area contributed by atoms with Crippen LogP contribution in [0.25, 0.3) is 0 Å². The normalized spacial score (nSPS) is 22.3. The molecule has 22 heavy (non-hydrogen) atoms. The van der Waals surface area contributed by atoms with E-state index in [1.165, 1.54) is 0 Å². The van der Waals surface area contributed by atoms with Crippen molar-refractivity contribution in [2.75, 3.05) is 34.4 Å². The van der Waals surface area contributed by atoms with Gasteiger partial charge in [0.05, 0.1) is 5.92 Å². The number of amides is 1. The summed E-state index contributed by atoms with van der Waals surface area (Å²) in [4.78, 5) is 12.4. The fourth-order valence-corrected chi connectivity index (χ4v) is 3.42. The Morgan fingerprint density at radius 1 is 1.36 bits per heavy atom. The number of carbonyl (C=O) groups excluding carboxylic acids is 1. The van der Waals surface area contributed by atoms with Gasteiger partial charge in [-0.05, 0) is 32.2 Å². The Kier molecular flexibility index (Phi) is 8.98. The molecule has 1 rings (SSSR count). The molecule has 0 aromatic carbocycles. The molecule has 0 saturated heterocycles.